The molecule has 0 fully saturated rings. The molecule has 0 bridgehead atoms. The SMILES string of the molecule is COCCN(Cc1ccc(C#N)cc1)C(=O)OCc1ccccc1. The standard InChI is InChI=1S/C19H20N2O3/c1-23-12-11-21(14-17-9-7-16(13-20)8-10-17)19(22)24-15-18-5-3-2-4-6-18/h2-10H,11-12,14-15H2,1H3. The van der Waals surface area contributed by atoms with Gasteiger partial charge < -0.3 is 14.4 Å². The Kier molecular flexibility index (Phi) is 6.81. The highest BCUT2D eigenvalue weighted by atomic mass is 16.6. The van der Waals surface area contributed by atoms with E-state index in [1.807, 2.05) is 42.5 Å². The van der Waals surface area contributed by atoms with Crippen molar-refractivity contribution in [2.45, 2.75) is 13.2 Å². The van der Waals surface area contributed by atoms with Crippen LogP contribution in [0.5, 0.6) is 0 Å². The van der Waals surface area contributed by atoms with Gasteiger partial charge >= 0.3 is 6.09 Å². The maximum Gasteiger partial charge on any atom is 0.410 e. The van der Waals surface area contributed by atoms with E-state index in [1.165, 1.54) is 0 Å². The van der Waals surface area contributed by atoms with Gasteiger partial charge in [-0.25, -0.2) is 4.79 Å². The van der Waals surface area contributed by atoms with Crippen LogP contribution in [-0.2, 0) is 22.6 Å². The number of carbonyl (C=O) groups excluding carboxylic acids is 1. The molecular formula is C19H20N2O3. The summed E-state index contributed by atoms with van der Waals surface area (Å²) in [5.74, 6) is 0. The lowest BCUT2D eigenvalue weighted by Crippen LogP contribution is -2.33. The Hall–Kier alpha value is -2.84. The van der Waals surface area contributed by atoms with Crippen molar-refractivity contribution in [3.63, 3.8) is 0 Å². The number of nitriles is 1. The highest BCUT2D eigenvalue weighted by molar-refractivity contribution is 5.67. The highest BCUT2D eigenvalue weighted by Gasteiger charge is 2.15. The number of rotatable bonds is 7. The summed E-state index contributed by atoms with van der Waals surface area (Å²) in [7, 11) is 1.59. The van der Waals surface area contributed by atoms with E-state index in [1.54, 1.807) is 24.1 Å². The summed E-state index contributed by atoms with van der Waals surface area (Å²) >= 11 is 0. The van der Waals surface area contributed by atoms with E-state index < -0.39 is 0 Å². The van der Waals surface area contributed by atoms with Crippen LogP contribution in [0.2, 0.25) is 0 Å². The lowest BCUT2D eigenvalue weighted by atomic mass is 10.1. The van der Waals surface area contributed by atoms with Gasteiger partial charge in [-0.1, -0.05) is 42.5 Å². The van der Waals surface area contributed by atoms with E-state index >= 15 is 0 Å². The molecule has 0 N–H and O–H groups in total. The van der Waals surface area contributed by atoms with Crippen LogP contribution in [0.3, 0.4) is 0 Å². The molecule has 0 atom stereocenters. The zero-order chi connectivity index (χ0) is 17.2. The Labute approximate surface area is 142 Å². The molecule has 0 aliphatic carbocycles. The van der Waals surface area contributed by atoms with Crippen molar-refractivity contribution < 1.29 is 14.3 Å². The van der Waals surface area contributed by atoms with E-state index in [2.05, 4.69) is 6.07 Å². The highest BCUT2D eigenvalue weighted by Crippen LogP contribution is 2.10. The van der Waals surface area contributed by atoms with Gasteiger partial charge in [0.15, 0.2) is 0 Å². The summed E-state index contributed by atoms with van der Waals surface area (Å²) in [5.41, 5.74) is 2.46. The molecule has 24 heavy (non-hydrogen) atoms. The lowest BCUT2D eigenvalue weighted by molar-refractivity contribution is 0.0797. The molecular weight excluding hydrogens is 304 g/mol. The Morgan fingerprint density at radius 2 is 1.79 bits per heavy atom. The van der Waals surface area contributed by atoms with Gasteiger partial charge in [0.05, 0.1) is 18.2 Å². The number of benzene rings is 2. The van der Waals surface area contributed by atoms with E-state index in [0.717, 1.165) is 11.1 Å². The average molecular weight is 324 g/mol. The van der Waals surface area contributed by atoms with Gasteiger partial charge in [-0.3, -0.25) is 0 Å². The zero-order valence-electron chi connectivity index (χ0n) is 13.6. The molecule has 2 aromatic rings. The van der Waals surface area contributed by atoms with Crippen LogP contribution >= 0.6 is 0 Å². The van der Waals surface area contributed by atoms with Gasteiger partial charge in [-0.15, -0.1) is 0 Å². The third-order valence-corrected chi connectivity index (χ3v) is 3.49. The van der Waals surface area contributed by atoms with Crippen LogP contribution in [0.1, 0.15) is 16.7 Å². The molecule has 0 spiro atoms. The first kappa shape index (κ1) is 17.5. The normalized spacial score (nSPS) is 10.0. The second-order valence-electron chi connectivity index (χ2n) is 5.26. The van der Waals surface area contributed by atoms with Gasteiger partial charge in [0.25, 0.3) is 0 Å². The van der Waals surface area contributed by atoms with E-state index in [9.17, 15) is 4.79 Å². The second kappa shape index (κ2) is 9.33. The fourth-order valence-electron chi connectivity index (χ4n) is 2.15. The number of ether oxygens (including phenoxy) is 2. The summed E-state index contributed by atoms with van der Waals surface area (Å²) in [5, 5.41) is 8.84. The molecule has 2 aromatic carbocycles. The van der Waals surface area contributed by atoms with Crippen LogP contribution in [0.25, 0.3) is 0 Å². The molecule has 0 saturated heterocycles. The molecule has 0 unspecified atom stereocenters. The Balaban J connectivity index is 1.97. The Bertz CT molecular complexity index is 678. The van der Waals surface area contributed by atoms with Crippen LogP contribution < -0.4 is 0 Å². The summed E-state index contributed by atoms with van der Waals surface area (Å²) in [6, 6.07) is 18.8. The first-order valence-corrected chi connectivity index (χ1v) is 7.66. The number of amides is 1. The number of carbonyl (C=O) groups is 1. The first-order valence-electron chi connectivity index (χ1n) is 7.66. The summed E-state index contributed by atoms with van der Waals surface area (Å²) in [6.45, 7) is 1.50. The minimum Gasteiger partial charge on any atom is -0.445 e. The van der Waals surface area contributed by atoms with Crippen molar-refractivity contribution >= 4 is 6.09 Å². The Morgan fingerprint density at radius 1 is 1.08 bits per heavy atom. The minimum absolute atomic E-state index is 0.233. The molecule has 0 heterocycles. The van der Waals surface area contributed by atoms with E-state index in [4.69, 9.17) is 14.7 Å². The number of hydrogen-bond donors (Lipinski definition) is 0. The largest absolute Gasteiger partial charge is 0.445 e. The summed E-state index contributed by atoms with van der Waals surface area (Å²) < 4.78 is 10.5. The van der Waals surface area contributed by atoms with Crippen molar-refractivity contribution in [1.82, 2.24) is 4.90 Å². The van der Waals surface area contributed by atoms with Gasteiger partial charge in [-0.2, -0.15) is 5.26 Å². The van der Waals surface area contributed by atoms with Crippen molar-refractivity contribution in [2.24, 2.45) is 0 Å². The molecule has 0 aliphatic heterocycles. The summed E-state index contributed by atoms with van der Waals surface area (Å²) in [4.78, 5) is 13.9. The van der Waals surface area contributed by atoms with E-state index in [0.29, 0.717) is 25.3 Å². The van der Waals surface area contributed by atoms with Crippen molar-refractivity contribution in [3.05, 3.63) is 71.3 Å². The van der Waals surface area contributed by atoms with Crippen molar-refractivity contribution in [2.75, 3.05) is 20.3 Å². The average Bonchev–Trinajstić information content (AvgIpc) is 2.64. The molecule has 0 radical (unpaired) electrons. The Morgan fingerprint density at radius 3 is 2.42 bits per heavy atom. The monoisotopic (exact) mass is 324 g/mol. The van der Waals surface area contributed by atoms with Gasteiger partial charge in [0, 0.05) is 20.2 Å². The third kappa shape index (κ3) is 5.41. The van der Waals surface area contributed by atoms with Crippen LogP contribution in [0.4, 0.5) is 4.79 Å². The number of nitrogens with zero attached hydrogens (tertiary/aromatic N) is 2. The predicted octanol–water partition coefficient (Wildman–Crippen LogP) is 3.34. The lowest BCUT2D eigenvalue weighted by Gasteiger charge is -2.22. The maximum atomic E-state index is 12.3. The molecule has 2 rings (SSSR count). The van der Waals surface area contributed by atoms with Crippen LogP contribution in [-0.4, -0.2) is 31.3 Å². The molecule has 5 heteroatoms. The predicted molar refractivity (Wildman–Crippen MR) is 90.1 cm³/mol. The maximum absolute atomic E-state index is 12.3. The summed E-state index contributed by atoms with van der Waals surface area (Å²) in [6.07, 6.45) is -0.389. The number of hydrogen-bond acceptors (Lipinski definition) is 4. The van der Waals surface area contributed by atoms with Crippen molar-refractivity contribution in [3.8, 4) is 6.07 Å². The quantitative estimate of drug-likeness (QED) is 0.783. The third-order valence-electron chi connectivity index (χ3n) is 3.49. The molecule has 1 amide bonds. The first-order chi connectivity index (χ1) is 11.7. The number of methoxy groups -OCH3 is 1. The van der Waals surface area contributed by atoms with E-state index in [-0.39, 0.29) is 12.7 Å². The van der Waals surface area contributed by atoms with Gasteiger partial charge in [0.2, 0.25) is 0 Å². The molecule has 5 nitrogen and oxygen atoms in total. The second-order valence-corrected chi connectivity index (χ2v) is 5.26. The topological polar surface area (TPSA) is 62.6 Å². The van der Waals surface area contributed by atoms with Crippen LogP contribution in [0.15, 0.2) is 54.6 Å². The molecule has 0 aromatic heterocycles. The zero-order valence-corrected chi connectivity index (χ0v) is 13.6. The smallest absolute Gasteiger partial charge is 0.410 e. The minimum atomic E-state index is -0.389. The molecule has 0 saturated carbocycles. The van der Waals surface area contributed by atoms with Crippen LogP contribution in [0, 0.1) is 11.3 Å². The fourth-order valence-corrected chi connectivity index (χ4v) is 2.15. The van der Waals surface area contributed by atoms with Gasteiger partial charge in [-0.05, 0) is 23.3 Å². The van der Waals surface area contributed by atoms with Crippen molar-refractivity contribution in [1.29, 1.82) is 5.26 Å². The molecule has 0 aliphatic rings. The fraction of sp³-hybridized carbons (Fsp3) is 0.263. The molecule has 124 valence electrons. The van der Waals surface area contributed by atoms with Gasteiger partial charge in [0.1, 0.15) is 6.61 Å².